The van der Waals surface area contributed by atoms with Gasteiger partial charge in [0.05, 0.1) is 18.5 Å². The highest BCUT2D eigenvalue weighted by molar-refractivity contribution is 5.33. The third-order valence-electron chi connectivity index (χ3n) is 2.00. The average Bonchev–Trinajstić information content (AvgIpc) is 2.28. The van der Waals surface area contributed by atoms with Gasteiger partial charge in [-0.2, -0.15) is 4.98 Å². The van der Waals surface area contributed by atoms with Gasteiger partial charge in [-0.25, -0.2) is 0 Å². The third-order valence-corrected chi connectivity index (χ3v) is 2.00. The standard InChI is InChI=1S/C12H22N4O/c1-4-5-13-6-7-15-11-8-14-9-12(16-11)17-10(2)3/h8-10,13H,4-7H2,1-3H3,(H,15,16). The van der Waals surface area contributed by atoms with Crippen molar-refractivity contribution in [1.29, 1.82) is 0 Å². The predicted octanol–water partition coefficient (Wildman–Crippen LogP) is 1.68. The Morgan fingerprint density at radius 3 is 2.76 bits per heavy atom. The molecule has 1 rings (SSSR count). The van der Waals surface area contributed by atoms with E-state index in [1.54, 1.807) is 12.4 Å². The van der Waals surface area contributed by atoms with Gasteiger partial charge in [-0.3, -0.25) is 4.98 Å². The summed E-state index contributed by atoms with van der Waals surface area (Å²) in [7, 11) is 0. The van der Waals surface area contributed by atoms with Crippen LogP contribution in [0.1, 0.15) is 27.2 Å². The molecule has 0 bridgehead atoms. The van der Waals surface area contributed by atoms with Crippen molar-refractivity contribution in [3.05, 3.63) is 12.4 Å². The summed E-state index contributed by atoms with van der Waals surface area (Å²) in [5.41, 5.74) is 0. The highest BCUT2D eigenvalue weighted by Gasteiger charge is 2.01. The molecule has 5 heteroatoms. The van der Waals surface area contributed by atoms with Crippen LogP contribution >= 0.6 is 0 Å². The number of rotatable bonds is 8. The van der Waals surface area contributed by atoms with Crippen LogP contribution in [0.15, 0.2) is 12.4 Å². The van der Waals surface area contributed by atoms with Crippen molar-refractivity contribution < 1.29 is 4.74 Å². The second-order valence-corrected chi connectivity index (χ2v) is 4.09. The zero-order valence-corrected chi connectivity index (χ0v) is 10.9. The fourth-order valence-corrected chi connectivity index (χ4v) is 1.31. The minimum atomic E-state index is 0.116. The predicted molar refractivity (Wildman–Crippen MR) is 69.4 cm³/mol. The molecular weight excluding hydrogens is 216 g/mol. The van der Waals surface area contributed by atoms with Crippen molar-refractivity contribution in [3.8, 4) is 5.88 Å². The quantitative estimate of drug-likeness (QED) is 0.675. The maximum absolute atomic E-state index is 5.47. The van der Waals surface area contributed by atoms with E-state index in [4.69, 9.17) is 4.74 Å². The molecule has 0 unspecified atom stereocenters. The van der Waals surface area contributed by atoms with Gasteiger partial charge < -0.3 is 15.4 Å². The highest BCUT2D eigenvalue weighted by atomic mass is 16.5. The Kier molecular flexibility index (Phi) is 6.32. The van der Waals surface area contributed by atoms with Crippen LogP contribution in [-0.4, -0.2) is 35.7 Å². The molecule has 0 radical (unpaired) electrons. The molecule has 0 saturated carbocycles. The van der Waals surface area contributed by atoms with Gasteiger partial charge in [-0.1, -0.05) is 6.92 Å². The zero-order valence-electron chi connectivity index (χ0n) is 10.9. The monoisotopic (exact) mass is 238 g/mol. The Labute approximate surface area is 103 Å². The minimum Gasteiger partial charge on any atom is -0.474 e. The van der Waals surface area contributed by atoms with Gasteiger partial charge in [-0.05, 0) is 26.8 Å². The van der Waals surface area contributed by atoms with E-state index < -0.39 is 0 Å². The molecule has 17 heavy (non-hydrogen) atoms. The van der Waals surface area contributed by atoms with E-state index in [2.05, 4.69) is 27.5 Å². The lowest BCUT2D eigenvalue weighted by atomic mass is 10.4. The Morgan fingerprint density at radius 1 is 1.24 bits per heavy atom. The zero-order chi connectivity index (χ0) is 12.5. The summed E-state index contributed by atoms with van der Waals surface area (Å²) in [6.45, 7) is 8.89. The van der Waals surface area contributed by atoms with Gasteiger partial charge in [0.25, 0.3) is 0 Å². The van der Waals surface area contributed by atoms with E-state index in [-0.39, 0.29) is 6.10 Å². The lowest BCUT2D eigenvalue weighted by molar-refractivity contribution is 0.232. The molecule has 96 valence electrons. The Morgan fingerprint density at radius 2 is 2.06 bits per heavy atom. The van der Waals surface area contributed by atoms with Crippen LogP contribution in [0.2, 0.25) is 0 Å². The van der Waals surface area contributed by atoms with E-state index in [0.29, 0.717) is 5.88 Å². The fourth-order valence-electron chi connectivity index (χ4n) is 1.31. The molecule has 0 atom stereocenters. The number of hydrogen-bond donors (Lipinski definition) is 2. The molecule has 0 aliphatic carbocycles. The smallest absolute Gasteiger partial charge is 0.234 e. The Bertz CT molecular complexity index is 317. The summed E-state index contributed by atoms with van der Waals surface area (Å²) in [5.74, 6) is 1.31. The molecule has 2 N–H and O–H groups in total. The summed E-state index contributed by atoms with van der Waals surface area (Å²) >= 11 is 0. The van der Waals surface area contributed by atoms with E-state index in [1.165, 1.54) is 0 Å². The topological polar surface area (TPSA) is 59.1 Å². The first-order valence-electron chi connectivity index (χ1n) is 6.15. The van der Waals surface area contributed by atoms with Gasteiger partial charge in [0.2, 0.25) is 5.88 Å². The van der Waals surface area contributed by atoms with Crippen LogP contribution in [0.4, 0.5) is 5.82 Å². The van der Waals surface area contributed by atoms with Crippen LogP contribution in [0.5, 0.6) is 5.88 Å². The van der Waals surface area contributed by atoms with E-state index in [0.717, 1.165) is 31.9 Å². The maximum atomic E-state index is 5.47. The fraction of sp³-hybridized carbons (Fsp3) is 0.667. The molecule has 0 aromatic carbocycles. The van der Waals surface area contributed by atoms with Gasteiger partial charge >= 0.3 is 0 Å². The van der Waals surface area contributed by atoms with Crippen LogP contribution in [0.3, 0.4) is 0 Å². The first-order valence-corrected chi connectivity index (χ1v) is 6.15. The molecule has 1 aromatic rings. The van der Waals surface area contributed by atoms with Crippen LogP contribution < -0.4 is 15.4 Å². The van der Waals surface area contributed by atoms with Crippen LogP contribution in [-0.2, 0) is 0 Å². The first kappa shape index (κ1) is 13.7. The first-order chi connectivity index (χ1) is 8.22. The SMILES string of the molecule is CCCNCCNc1cncc(OC(C)C)n1. The number of nitrogens with zero attached hydrogens (tertiary/aromatic N) is 2. The molecule has 0 fully saturated rings. The summed E-state index contributed by atoms with van der Waals surface area (Å²) in [6, 6.07) is 0. The second kappa shape index (κ2) is 7.84. The van der Waals surface area contributed by atoms with Gasteiger partial charge in [0.15, 0.2) is 0 Å². The second-order valence-electron chi connectivity index (χ2n) is 4.09. The van der Waals surface area contributed by atoms with Crippen LogP contribution in [0, 0.1) is 0 Å². The van der Waals surface area contributed by atoms with Crippen molar-refractivity contribution in [3.63, 3.8) is 0 Å². The molecule has 0 aliphatic heterocycles. The summed E-state index contributed by atoms with van der Waals surface area (Å²) in [5, 5.41) is 6.51. The Hall–Kier alpha value is -1.36. The van der Waals surface area contributed by atoms with E-state index in [9.17, 15) is 0 Å². The number of anilines is 1. The maximum Gasteiger partial charge on any atom is 0.234 e. The number of aromatic nitrogens is 2. The molecule has 0 aliphatic rings. The molecule has 0 amide bonds. The summed E-state index contributed by atoms with van der Waals surface area (Å²) in [6.07, 6.45) is 4.59. The van der Waals surface area contributed by atoms with Crippen molar-refractivity contribution in [1.82, 2.24) is 15.3 Å². The molecule has 0 spiro atoms. The van der Waals surface area contributed by atoms with Gasteiger partial charge in [0.1, 0.15) is 5.82 Å². The number of nitrogens with one attached hydrogen (secondary N) is 2. The molecule has 5 nitrogen and oxygen atoms in total. The largest absolute Gasteiger partial charge is 0.474 e. The molecular formula is C12H22N4O. The minimum absolute atomic E-state index is 0.116. The van der Waals surface area contributed by atoms with Crippen molar-refractivity contribution >= 4 is 5.82 Å². The normalized spacial score (nSPS) is 10.6. The van der Waals surface area contributed by atoms with Crippen LogP contribution in [0.25, 0.3) is 0 Å². The number of ether oxygens (including phenoxy) is 1. The van der Waals surface area contributed by atoms with Crippen molar-refractivity contribution in [2.75, 3.05) is 25.0 Å². The highest BCUT2D eigenvalue weighted by Crippen LogP contribution is 2.10. The van der Waals surface area contributed by atoms with Gasteiger partial charge in [0, 0.05) is 13.1 Å². The molecule has 1 heterocycles. The van der Waals surface area contributed by atoms with Crippen molar-refractivity contribution in [2.45, 2.75) is 33.3 Å². The van der Waals surface area contributed by atoms with Gasteiger partial charge in [-0.15, -0.1) is 0 Å². The molecule has 0 saturated heterocycles. The lowest BCUT2D eigenvalue weighted by Crippen LogP contribution is -2.23. The summed E-state index contributed by atoms with van der Waals surface area (Å²) < 4.78 is 5.47. The molecule has 1 aromatic heterocycles. The Balaban J connectivity index is 2.32. The van der Waals surface area contributed by atoms with E-state index >= 15 is 0 Å². The lowest BCUT2D eigenvalue weighted by Gasteiger charge is -2.10. The average molecular weight is 238 g/mol. The van der Waals surface area contributed by atoms with E-state index in [1.807, 2.05) is 13.8 Å². The summed E-state index contributed by atoms with van der Waals surface area (Å²) in [4.78, 5) is 8.39. The van der Waals surface area contributed by atoms with Crippen molar-refractivity contribution in [2.24, 2.45) is 0 Å². The third kappa shape index (κ3) is 6.06. The number of hydrogen-bond acceptors (Lipinski definition) is 5.